The van der Waals surface area contributed by atoms with E-state index in [0.717, 1.165) is 43.8 Å². The minimum absolute atomic E-state index is 0.155. The van der Waals surface area contributed by atoms with Gasteiger partial charge in [-0.15, -0.1) is 0 Å². The lowest BCUT2D eigenvalue weighted by Gasteiger charge is -2.41. The number of hydrogen-bond acceptors (Lipinski definition) is 4. The highest BCUT2D eigenvalue weighted by Crippen LogP contribution is 2.41. The number of piperidine rings is 1. The molecule has 5 heteroatoms. The highest BCUT2D eigenvalue weighted by atomic mass is 16.6. The highest BCUT2D eigenvalue weighted by Gasteiger charge is 2.41. The van der Waals surface area contributed by atoms with Gasteiger partial charge in [-0.05, 0) is 49.4 Å². The molecule has 0 unspecified atom stereocenters. The zero-order valence-corrected chi connectivity index (χ0v) is 21.7. The van der Waals surface area contributed by atoms with Crippen molar-refractivity contribution in [1.29, 1.82) is 0 Å². The smallest absolute Gasteiger partial charge is 0.410 e. The minimum atomic E-state index is -0.477. The number of para-hydroxylation sites is 2. The molecular weight excluding hydrogens is 424 g/mol. The number of hydrogen-bond donors (Lipinski definition) is 0. The van der Waals surface area contributed by atoms with Gasteiger partial charge < -0.3 is 19.3 Å². The summed E-state index contributed by atoms with van der Waals surface area (Å²) in [5, 5.41) is 0. The van der Waals surface area contributed by atoms with E-state index in [0.29, 0.717) is 13.1 Å². The van der Waals surface area contributed by atoms with Crippen LogP contribution in [0.5, 0.6) is 5.75 Å². The number of amides is 1. The molecule has 2 aliphatic heterocycles. The van der Waals surface area contributed by atoms with E-state index < -0.39 is 5.60 Å². The summed E-state index contributed by atoms with van der Waals surface area (Å²) in [4.78, 5) is 16.8. The molecule has 1 saturated heterocycles. The van der Waals surface area contributed by atoms with Gasteiger partial charge >= 0.3 is 6.09 Å². The van der Waals surface area contributed by atoms with Gasteiger partial charge in [0.25, 0.3) is 0 Å². The van der Waals surface area contributed by atoms with Crippen LogP contribution in [0, 0.1) is 0 Å². The van der Waals surface area contributed by atoms with Gasteiger partial charge in [0.15, 0.2) is 0 Å². The average Bonchev–Trinajstić information content (AvgIpc) is 2.90. The lowest BCUT2D eigenvalue weighted by atomic mass is 9.86. The Morgan fingerprint density at radius 2 is 1.53 bits per heavy atom. The van der Waals surface area contributed by atoms with Crippen molar-refractivity contribution >= 4 is 11.8 Å². The number of fused-ring (bicyclic) bond motifs is 1. The first-order valence-electron chi connectivity index (χ1n) is 12.5. The van der Waals surface area contributed by atoms with Gasteiger partial charge in [0.1, 0.15) is 17.0 Å². The van der Waals surface area contributed by atoms with Crippen molar-refractivity contribution in [3.05, 3.63) is 59.7 Å². The summed E-state index contributed by atoms with van der Waals surface area (Å²) in [6, 6.07) is 17.4. The number of ether oxygens (including phenoxy) is 2. The van der Waals surface area contributed by atoms with E-state index in [1.165, 1.54) is 11.1 Å². The summed E-state index contributed by atoms with van der Waals surface area (Å²) >= 11 is 0. The molecule has 0 bridgehead atoms. The number of rotatable bonds is 2. The molecule has 4 rings (SSSR count). The van der Waals surface area contributed by atoms with Crippen molar-refractivity contribution in [1.82, 2.24) is 4.90 Å². The molecule has 0 radical (unpaired) electrons. The lowest BCUT2D eigenvalue weighted by Crippen LogP contribution is -2.51. The minimum Gasteiger partial charge on any atom is -0.485 e. The van der Waals surface area contributed by atoms with Gasteiger partial charge in [-0.2, -0.15) is 0 Å². The van der Waals surface area contributed by atoms with Crippen molar-refractivity contribution < 1.29 is 14.3 Å². The Kier molecular flexibility index (Phi) is 6.58. The van der Waals surface area contributed by atoms with Gasteiger partial charge in [-0.3, -0.25) is 0 Å². The maximum absolute atomic E-state index is 12.5. The summed E-state index contributed by atoms with van der Waals surface area (Å²) in [6.07, 6.45) is 2.34. The van der Waals surface area contributed by atoms with Crippen LogP contribution < -0.4 is 9.64 Å². The number of nitrogens with zero attached hydrogens (tertiary/aromatic N) is 2. The molecule has 2 heterocycles. The average molecular weight is 465 g/mol. The van der Waals surface area contributed by atoms with Crippen molar-refractivity contribution in [3.63, 3.8) is 0 Å². The van der Waals surface area contributed by atoms with Crippen LogP contribution in [0.4, 0.5) is 10.5 Å². The summed E-state index contributed by atoms with van der Waals surface area (Å²) in [6.45, 7) is 15.6. The van der Waals surface area contributed by atoms with Crippen LogP contribution in [0.1, 0.15) is 71.9 Å². The summed E-state index contributed by atoms with van der Waals surface area (Å²) in [7, 11) is 0. The van der Waals surface area contributed by atoms with Crippen molar-refractivity contribution in [2.24, 2.45) is 0 Å². The maximum Gasteiger partial charge on any atom is 0.410 e. The largest absolute Gasteiger partial charge is 0.485 e. The predicted molar refractivity (Wildman–Crippen MR) is 138 cm³/mol. The Labute approximate surface area is 205 Å². The van der Waals surface area contributed by atoms with Crippen LogP contribution in [0.15, 0.2) is 48.5 Å². The van der Waals surface area contributed by atoms with Crippen LogP contribution in [0.3, 0.4) is 0 Å². The number of carbonyl (C=O) groups excluding carboxylic acids is 1. The molecule has 0 saturated carbocycles. The number of carbonyl (C=O) groups is 1. The molecular formula is C29H40N2O3. The van der Waals surface area contributed by atoms with Gasteiger partial charge in [0.2, 0.25) is 0 Å². The summed E-state index contributed by atoms with van der Waals surface area (Å²) in [5.41, 5.74) is 3.23. The molecule has 0 aliphatic carbocycles. The van der Waals surface area contributed by atoms with Crippen LogP contribution in [0.25, 0.3) is 0 Å². The molecule has 34 heavy (non-hydrogen) atoms. The van der Waals surface area contributed by atoms with Crippen LogP contribution >= 0.6 is 0 Å². The van der Waals surface area contributed by atoms with Gasteiger partial charge in [0.05, 0.1) is 5.69 Å². The second-order valence-electron chi connectivity index (χ2n) is 11.8. The first-order valence-corrected chi connectivity index (χ1v) is 12.5. The highest BCUT2D eigenvalue weighted by molar-refractivity contribution is 5.68. The Morgan fingerprint density at radius 1 is 0.912 bits per heavy atom. The molecule has 0 N–H and O–H groups in total. The SMILES string of the molecule is CC(C)(C)OC(=O)N1CCC2(CC1)CCN(Cc1ccc(C(C)(C)C)cc1)c1ccccc1O2. The Hall–Kier alpha value is -2.69. The van der Waals surface area contributed by atoms with E-state index in [-0.39, 0.29) is 17.1 Å². The maximum atomic E-state index is 12.5. The van der Waals surface area contributed by atoms with E-state index in [1.54, 1.807) is 0 Å². The van der Waals surface area contributed by atoms with Crippen LogP contribution in [0.2, 0.25) is 0 Å². The normalized spacial score (nSPS) is 18.2. The van der Waals surface area contributed by atoms with Crippen LogP contribution in [-0.2, 0) is 16.7 Å². The molecule has 2 aromatic rings. The van der Waals surface area contributed by atoms with E-state index in [1.807, 2.05) is 31.7 Å². The van der Waals surface area contributed by atoms with Gasteiger partial charge in [0, 0.05) is 45.4 Å². The van der Waals surface area contributed by atoms with Gasteiger partial charge in [-0.25, -0.2) is 4.79 Å². The second-order valence-corrected chi connectivity index (χ2v) is 11.8. The number of benzene rings is 2. The third kappa shape index (κ3) is 5.68. The third-order valence-electron chi connectivity index (χ3n) is 6.89. The molecule has 2 aromatic carbocycles. The standard InChI is InChI=1S/C29H40N2O3/c1-27(2,3)23-13-11-22(12-14-23)21-31-20-17-29(33-25-10-8-7-9-24(25)31)15-18-30(19-16-29)26(32)34-28(4,5)6/h7-14H,15-21H2,1-6H3. The quantitative estimate of drug-likeness (QED) is 0.506. The first kappa shape index (κ1) is 24.4. The van der Waals surface area contributed by atoms with Crippen LogP contribution in [-0.4, -0.2) is 41.8 Å². The predicted octanol–water partition coefficient (Wildman–Crippen LogP) is 6.54. The Morgan fingerprint density at radius 3 is 2.15 bits per heavy atom. The molecule has 1 spiro atoms. The number of anilines is 1. The molecule has 1 amide bonds. The lowest BCUT2D eigenvalue weighted by molar-refractivity contribution is -0.0186. The molecule has 184 valence electrons. The molecule has 0 atom stereocenters. The summed E-state index contributed by atoms with van der Waals surface area (Å²) < 4.78 is 12.3. The topological polar surface area (TPSA) is 42.0 Å². The molecule has 0 aromatic heterocycles. The molecule has 2 aliphatic rings. The first-order chi connectivity index (χ1) is 15.9. The molecule has 5 nitrogen and oxygen atoms in total. The molecule has 1 fully saturated rings. The monoisotopic (exact) mass is 464 g/mol. The third-order valence-corrected chi connectivity index (χ3v) is 6.89. The van der Waals surface area contributed by atoms with Crippen molar-refractivity contribution in [2.75, 3.05) is 24.5 Å². The Bertz CT molecular complexity index is 993. The van der Waals surface area contributed by atoms with Gasteiger partial charge in [-0.1, -0.05) is 57.2 Å². The second kappa shape index (κ2) is 9.16. The number of likely N-dealkylation sites (tertiary alicyclic amines) is 1. The van der Waals surface area contributed by atoms with E-state index in [2.05, 4.69) is 68.1 Å². The zero-order chi connectivity index (χ0) is 24.6. The van der Waals surface area contributed by atoms with E-state index >= 15 is 0 Å². The Balaban J connectivity index is 1.47. The van der Waals surface area contributed by atoms with Crippen molar-refractivity contribution in [2.45, 2.75) is 84.0 Å². The fraction of sp³-hybridized carbons (Fsp3) is 0.552. The fourth-order valence-electron chi connectivity index (χ4n) is 4.82. The summed E-state index contributed by atoms with van der Waals surface area (Å²) in [5.74, 6) is 0.942. The van der Waals surface area contributed by atoms with Crippen molar-refractivity contribution in [3.8, 4) is 5.75 Å². The van der Waals surface area contributed by atoms with E-state index in [9.17, 15) is 4.79 Å². The fourth-order valence-corrected chi connectivity index (χ4v) is 4.82. The zero-order valence-electron chi connectivity index (χ0n) is 21.7. The van der Waals surface area contributed by atoms with E-state index in [4.69, 9.17) is 9.47 Å².